The first kappa shape index (κ1) is 18.2. The number of thiophene rings is 1. The van der Waals surface area contributed by atoms with Crippen LogP contribution in [0.2, 0.25) is 4.34 Å². The monoisotopic (exact) mass is 434 g/mol. The maximum atomic E-state index is 12.4. The number of hydrogen-bond donors (Lipinski definition) is 2. The second-order valence-corrected chi connectivity index (χ2v) is 8.19. The van der Waals surface area contributed by atoms with Crippen molar-refractivity contribution < 1.29 is 23.9 Å². The van der Waals surface area contributed by atoms with E-state index in [2.05, 4.69) is 15.8 Å². The maximum Gasteiger partial charge on any atom is 0.418 e. The van der Waals surface area contributed by atoms with Crippen molar-refractivity contribution in [3.63, 3.8) is 0 Å². The third kappa shape index (κ3) is 3.28. The molecule has 0 aliphatic carbocycles. The van der Waals surface area contributed by atoms with Gasteiger partial charge in [-0.25, -0.2) is 15.2 Å². The number of rotatable bonds is 4. The molecule has 1 saturated heterocycles. The lowest BCUT2D eigenvalue weighted by Gasteiger charge is -2.16. The Morgan fingerprint density at radius 1 is 1.34 bits per heavy atom. The number of fused-ring (bicyclic) bond motifs is 3. The number of amidine groups is 1. The molecule has 5 rings (SSSR count). The Hall–Kier alpha value is -2.82. The van der Waals surface area contributed by atoms with E-state index in [-0.39, 0.29) is 12.5 Å². The molecule has 4 heterocycles. The molecule has 11 heteroatoms. The Labute approximate surface area is 174 Å². The molecule has 2 N–H and O–H groups in total. The number of amides is 2. The lowest BCUT2D eigenvalue weighted by atomic mass is 10.1. The van der Waals surface area contributed by atoms with Crippen molar-refractivity contribution in [1.82, 2.24) is 10.8 Å². The average molecular weight is 435 g/mol. The molecule has 9 nitrogen and oxygen atoms in total. The zero-order valence-corrected chi connectivity index (χ0v) is 16.5. The predicted octanol–water partition coefficient (Wildman–Crippen LogP) is 2.16. The number of hydroxylamine groups is 1. The number of nitrogens with zero attached hydrogens (tertiary/aromatic N) is 2. The summed E-state index contributed by atoms with van der Waals surface area (Å²) in [6, 6.07) is 8.70. The number of carbonyl (C=O) groups excluding carboxylic acids is 2. The van der Waals surface area contributed by atoms with Crippen molar-refractivity contribution in [2.75, 3.05) is 24.6 Å². The number of cyclic esters (lactones) is 1. The van der Waals surface area contributed by atoms with Gasteiger partial charge in [-0.05, 0) is 30.3 Å². The van der Waals surface area contributed by atoms with Gasteiger partial charge >= 0.3 is 6.09 Å². The summed E-state index contributed by atoms with van der Waals surface area (Å²) < 4.78 is 11.9. The largest absolute Gasteiger partial charge is 0.464 e. The molecule has 0 spiro atoms. The van der Waals surface area contributed by atoms with Crippen LogP contribution in [0.4, 0.5) is 10.5 Å². The summed E-state index contributed by atoms with van der Waals surface area (Å²) in [5.41, 5.74) is 4.18. The van der Waals surface area contributed by atoms with E-state index in [4.69, 9.17) is 25.9 Å². The SMILES string of the molecule is O=C(NCC1OC(=O)N2c3ccc(C4=NCCON4)cc3OC12)c1ccc(Cl)s1. The molecule has 29 heavy (non-hydrogen) atoms. The molecule has 0 saturated carbocycles. The molecule has 1 aromatic carbocycles. The van der Waals surface area contributed by atoms with Crippen molar-refractivity contribution in [2.24, 2.45) is 4.99 Å². The van der Waals surface area contributed by atoms with E-state index in [1.807, 2.05) is 6.07 Å². The van der Waals surface area contributed by atoms with Gasteiger partial charge in [0.05, 0.1) is 34.6 Å². The zero-order chi connectivity index (χ0) is 20.0. The summed E-state index contributed by atoms with van der Waals surface area (Å²) in [5, 5.41) is 2.76. The first-order chi connectivity index (χ1) is 14.1. The van der Waals surface area contributed by atoms with Crippen molar-refractivity contribution in [3.05, 3.63) is 45.1 Å². The second kappa shape index (κ2) is 7.21. The zero-order valence-electron chi connectivity index (χ0n) is 14.9. The molecule has 2 aromatic rings. The third-order valence-corrected chi connectivity index (χ3v) is 5.88. The van der Waals surface area contributed by atoms with Crippen LogP contribution in [-0.4, -0.2) is 49.9 Å². The molecule has 1 aromatic heterocycles. The fraction of sp³-hybridized carbons (Fsp3) is 0.278. The highest BCUT2D eigenvalue weighted by molar-refractivity contribution is 7.18. The number of nitrogens with one attached hydrogen (secondary N) is 2. The lowest BCUT2D eigenvalue weighted by Crippen LogP contribution is -2.42. The van der Waals surface area contributed by atoms with Crippen LogP contribution in [0.15, 0.2) is 35.3 Å². The summed E-state index contributed by atoms with van der Waals surface area (Å²) in [6.45, 7) is 1.19. The van der Waals surface area contributed by atoms with Crippen LogP contribution < -0.4 is 20.4 Å². The summed E-state index contributed by atoms with van der Waals surface area (Å²) in [5.74, 6) is 0.867. The predicted molar refractivity (Wildman–Crippen MR) is 106 cm³/mol. The number of ether oxygens (including phenoxy) is 2. The van der Waals surface area contributed by atoms with Gasteiger partial charge in [0.25, 0.3) is 5.91 Å². The molecule has 0 bridgehead atoms. The van der Waals surface area contributed by atoms with Crippen molar-refractivity contribution in [3.8, 4) is 5.75 Å². The van der Waals surface area contributed by atoms with Gasteiger partial charge in [0, 0.05) is 5.56 Å². The number of carbonyl (C=O) groups is 2. The van der Waals surface area contributed by atoms with Gasteiger partial charge < -0.3 is 14.8 Å². The first-order valence-corrected chi connectivity index (χ1v) is 10.1. The smallest absolute Gasteiger partial charge is 0.418 e. The van der Waals surface area contributed by atoms with Crippen LogP contribution in [0.3, 0.4) is 0 Å². The summed E-state index contributed by atoms with van der Waals surface area (Å²) in [7, 11) is 0. The van der Waals surface area contributed by atoms with E-state index < -0.39 is 18.4 Å². The number of halogens is 1. The molecule has 150 valence electrons. The molecule has 2 atom stereocenters. The van der Waals surface area contributed by atoms with Gasteiger partial charge in [0.1, 0.15) is 5.75 Å². The van der Waals surface area contributed by atoms with E-state index in [1.165, 1.54) is 16.2 Å². The summed E-state index contributed by atoms with van der Waals surface area (Å²) in [4.78, 5) is 36.1. The van der Waals surface area contributed by atoms with Gasteiger partial charge in [-0.3, -0.25) is 14.6 Å². The van der Waals surface area contributed by atoms with Crippen LogP contribution in [0, 0.1) is 0 Å². The van der Waals surface area contributed by atoms with Crippen molar-refractivity contribution in [2.45, 2.75) is 12.3 Å². The lowest BCUT2D eigenvalue weighted by molar-refractivity contribution is 0.0730. The average Bonchev–Trinajstić information content (AvgIpc) is 3.41. The first-order valence-electron chi connectivity index (χ1n) is 8.87. The van der Waals surface area contributed by atoms with Gasteiger partial charge in [-0.15, -0.1) is 11.3 Å². The summed E-state index contributed by atoms with van der Waals surface area (Å²) >= 11 is 7.05. The molecular formula is C18H15ClN4O5S. The maximum absolute atomic E-state index is 12.4. The van der Waals surface area contributed by atoms with Gasteiger partial charge in [-0.1, -0.05) is 11.6 Å². The van der Waals surface area contributed by atoms with Crippen LogP contribution in [0.5, 0.6) is 5.75 Å². The molecule has 3 aliphatic rings. The molecule has 1 fully saturated rings. The number of anilines is 1. The van der Waals surface area contributed by atoms with Gasteiger partial charge in [0.15, 0.2) is 11.9 Å². The molecule has 0 radical (unpaired) electrons. The van der Waals surface area contributed by atoms with Crippen LogP contribution >= 0.6 is 22.9 Å². The van der Waals surface area contributed by atoms with E-state index in [1.54, 1.807) is 24.3 Å². The Morgan fingerprint density at radius 2 is 2.24 bits per heavy atom. The van der Waals surface area contributed by atoms with Crippen LogP contribution in [0.1, 0.15) is 15.2 Å². The van der Waals surface area contributed by atoms with Crippen molar-refractivity contribution in [1.29, 1.82) is 0 Å². The Kier molecular flexibility index (Phi) is 4.53. The fourth-order valence-electron chi connectivity index (χ4n) is 3.33. The van der Waals surface area contributed by atoms with E-state index in [9.17, 15) is 9.59 Å². The Bertz CT molecular complexity index is 1030. The van der Waals surface area contributed by atoms with E-state index in [0.29, 0.717) is 39.6 Å². The highest BCUT2D eigenvalue weighted by atomic mass is 35.5. The molecule has 2 unspecified atom stereocenters. The second-order valence-electron chi connectivity index (χ2n) is 6.48. The van der Waals surface area contributed by atoms with Crippen molar-refractivity contribution >= 4 is 46.5 Å². The Balaban J connectivity index is 1.31. The molecular weight excluding hydrogens is 420 g/mol. The minimum absolute atomic E-state index is 0.115. The highest BCUT2D eigenvalue weighted by Crippen LogP contribution is 2.42. The van der Waals surface area contributed by atoms with E-state index in [0.717, 1.165) is 5.56 Å². The van der Waals surface area contributed by atoms with Gasteiger partial charge in [0.2, 0.25) is 6.23 Å². The molecule has 3 aliphatic heterocycles. The number of aliphatic imine (C=N–C) groups is 1. The minimum atomic E-state index is -0.655. The summed E-state index contributed by atoms with van der Waals surface area (Å²) in [6.07, 6.45) is -1.82. The third-order valence-electron chi connectivity index (χ3n) is 4.65. The van der Waals surface area contributed by atoms with Crippen LogP contribution in [-0.2, 0) is 9.57 Å². The number of hydrogen-bond acceptors (Lipinski definition) is 8. The number of benzene rings is 1. The Morgan fingerprint density at radius 3 is 3.00 bits per heavy atom. The normalized spacial score (nSPS) is 22.2. The standard InChI is InChI=1S/C18H15ClN4O5S/c19-14-4-3-13(29-14)16(24)21-8-12-17-23(18(25)28-12)10-2-1-9(7-11(10)27-17)15-20-5-6-26-22-15/h1-4,7,12,17H,5-6,8H2,(H,20,22)(H,21,24). The van der Waals surface area contributed by atoms with Crippen LogP contribution in [0.25, 0.3) is 0 Å². The highest BCUT2D eigenvalue weighted by Gasteiger charge is 2.49. The van der Waals surface area contributed by atoms with E-state index >= 15 is 0 Å². The topological polar surface area (TPSA) is 101 Å². The minimum Gasteiger partial charge on any atom is -0.464 e. The fourth-order valence-corrected chi connectivity index (χ4v) is 4.29. The van der Waals surface area contributed by atoms with Gasteiger partial charge in [-0.2, -0.15) is 0 Å². The molecule has 2 amide bonds. The quantitative estimate of drug-likeness (QED) is 0.764.